The van der Waals surface area contributed by atoms with E-state index in [0.717, 1.165) is 21.7 Å². The normalized spacial score (nSPS) is 10.6. The third-order valence-corrected chi connectivity index (χ3v) is 4.61. The van der Waals surface area contributed by atoms with E-state index < -0.39 is 0 Å². The third kappa shape index (κ3) is 3.06. The van der Waals surface area contributed by atoms with Crippen LogP contribution in [0.4, 0.5) is 10.1 Å². The lowest BCUT2D eigenvalue weighted by Gasteiger charge is -2.08. The Hall–Kier alpha value is -1.00. The maximum Gasteiger partial charge on any atom is 0.137 e. The van der Waals surface area contributed by atoms with Crippen molar-refractivity contribution in [2.75, 3.05) is 5.73 Å². The number of thioether (sulfide) groups is 1. The maximum atomic E-state index is 13.4. The molecule has 0 spiro atoms. The van der Waals surface area contributed by atoms with Crippen LogP contribution in [-0.2, 0) is 5.75 Å². The summed E-state index contributed by atoms with van der Waals surface area (Å²) in [4.78, 5) is 1.02. The van der Waals surface area contributed by atoms with Gasteiger partial charge in [0, 0.05) is 16.3 Å². The van der Waals surface area contributed by atoms with E-state index in [-0.39, 0.29) is 5.82 Å². The topological polar surface area (TPSA) is 26.0 Å². The van der Waals surface area contributed by atoms with Crippen molar-refractivity contribution in [3.05, 3.63) is 57.8 Å². The SMILES string of the molecule is Cc1ccc(SCc2cccc(F)c2Br)c(N)c1. The van der Waals surface area contributed by atoms with Crippen LogP contribution in [0.3, 0.4) is 0 Å². The summed E-state index contributed by atoms with van der Waals surface area (Å²) in [5, 5.41) is 0. The van der Waals surface area contributed by atoms with Gasteiger partial charge in [0.2, 0.25) is 0 Å². The molecule has 2 N–H and O–H groups in total. The quantitative estimate of drug-likeness (QED) is 0.649. The molecular weight excluding hydrogens is 313 g/mol. The molecule has 0 aliphatic carbocycles. The fourth-order valence-electron chi connectivity index (χ4n) is 1.61. The second-order valence-electron chi connectivity index (χ2n) is 4.04. The lowest BCUT2D eigenvalue weighted by Crippen LogP contribution is -1.91. The molecule has 94 valence electrons. The summed E-state index contributed by atoms with van der Waals surface area (Å²) >= 11 is 4.87. The van der Waals surface area contributed by atoms with Crippen LogP contribution in [0.25, 0.3) is 0 Å². The summed E-state index contributed by atoms with van der Waals surface area (Å²) in [5.41, 5.74) is 8.79. The van der Waals surface area contributed by atoms with E-state index in [1.54, 1.807) is 17.8 Å². The molecule has 0 aliphatic heterocycles. The van der Waals surface area contributed by atoms with Gasteiger partial charge in [-0.3, -0.25) is 0 Å². The van der Waals surface area contributed by atoms with Crippen LogP contribution >= 0.6 is 27.7 Å². The van der Waals surface area contributed by atoms with Crippen LogP contribution < -0.4 is 5.73 Å². The fourth-order valence-corrected chi connectivity index (χ4v) is 3.15. The van der Waals surface area contributed by atoms with Crippen LogP contribution in [0.2, 0.25) is 0 Å². The van der Waals surface area contributed by atoms with Crippen LogP contribution in [0.1, 0.15) is 11.1 Å². The van der Waals surface area contributed by atoms with Crippen LogP contribution in [0.5, 0.6) is 0 Å². The molecule has 0 bridgehead atoms. The lowest BCUT2D eigenvalue weighted by molar-refractivity contribution is 0.619. The first kappa shape index (κ1) is 13.4. The number of hydrogen-bond donors (Lipinski definition) is 1. The second-order valence-corrected chi connectivity index (χ2v) is 5.85. The number of halogens is 2. The number of nitrogen functional groups attached to an aromatic ring is 1. The Bertz CT molecular complexity index is 572. The minimum absolute atomic E-state index is 0.232. The maximum absolute atomic E-state index is 13.4. The third-order valence-electron chi connectivity index (χ3n) is 2.58. The molecule has 0 aliphatic rings. The molecule has 2 aromatic rings. The zero-order valence-electron chi connectivity index (χ0n) is 9.91. The van der Waals surface area contributed by atoms with E-state index in [1.807, 2.05) is 31.2 Å². The van der Waals surface area contributed by atoms with E-state index in [4.69, 9.17) is 5.73 Å². The van der Waals surface area contributed by atoms with Crippen molar-refractivity contribution in [3.63, 3.8) is 0 Å². The molecular formula is C14H13BrFNS. The van der Waals surface area contributed by atoms with E-state index in [1.165, 1.54) is 6.07 Å². The van der Waals surface area contributed by atoms with Crippen molar-refractivity contribution >= 4 is 33.4 Å². The summed E-state index contributed by atoms with van der Waals surface area (Å²) in [6.45, 7) is 2.01. The van der Waals surface area contributed by atoms with Gasteiger partial charge in [-0.05, 0) is 52.2 Å². The molecule has 0 amide bonds. The highest BCUT2D eigenvalue weighted by molar-refractivity contribution is 9.10. The van der Waals surface area contributed by atoms with E-state index >= 15 is 0 Å². The van der Waals surface area contributed by atoms with Crippen molar-refractivity contribution in [3.8, 4) is 0 Å². The minimum atomic E-state index is -0.232. The van der Waals surface area contributed by atoms with Gasteiger partial charge in [-0.1, -0.05) is 18.2 Å². The van der Waals surface area contributed by atoms with Gasteiger partial charge in [0.25, 0.3) is 0 Å². The highest BCUT2D eigenvalue weighted by Crippen LogP contribution is 2.31. The van der Waals surface area contributed by atoms with Crippen LogP contribution in [0, 0.1) is 12.7 Å². The van der Waals surface area contributed by atoms with Crippen molar-refractivity contribution in [2.24, 2.45) is 0 Å². The van der Waals surface area contributed by atoms with E-state index in [9.17, 15) is 4.39 Å². The fraction of sp³-hybridized carbons (Fsp3) is 0.143. The Morgan fingerprint density at radius 2 is 2.06 bits per heavy atom. The zero-order chi connectivity index (χ0) is 13.1. The molecule has 2 rings (SSSR count). The number of nitrogens with two attached hydrogens (primary N) is 1. The second kappa shape index (κ2) is 5.76. The smallest absolute Gasteiger partial charge is 0.137 e. The van der Waals surface area contributed by atoms with Crippen molar-refractivity contribution < 1.29 is 4.39 Å². The van der Waals surface area contributed by atoms with E-state index in [2.05, 4.69) is 15.9 Å². The van der Waals surface area contributed by atoms with Gasteiger partial charge in [-0.15, -0.1) is 11.8 Å². The van der Waals surface area contributed by atoms with Gasteiger partial charge in [-0.25, -0.2) is 4.39 Å². The number of benzene rings is 2. The molecule has 0 atom stereocenters. The number of hydrogen-bond acceptors (Lipinski definition) is 2. The Kier molecular flexibility index (Phi) is 4.30. The van der Waals surface area contributed by atoms with Crippen LogP contribution in [-0.4, -0.2) is 0 Å². The molecule has 0 unspecified atom stereocenters. The molecule has 0 saturated carbocycles. The van der Waals surface area contributed by atoms with Gasteiger partial charge >= 0.3 is 0 Å². The van der Waals surface area contributed by atoms with Gasteiger partial charge in [-0.2, -0.15) is 0 Å². The minimum Gasteiger partial charge on any atom is -0.398 e. The van der Waals surface area contributed by atoms with E-state index in [0.29, 0.717) is 10.2 Å². The Balaban J connectivity index is 2.14. The average molecular weight is 326 g/mol. The number of aryl methyl sites for hydroxylation is 1. The highest BCUT2D eigenvalue weighted by atomic mass is 79.9. The molecule has 1 nitrogen and oxygen atoms in total. The summed E-state index contributed by atoms with van der Waals surface area (Å²) in [5.74, 6) is 0.455. The largest absolute Gasteiger partial charge is 0.398 e. The van der Waals surface area contributed by atoms with Gasteiger partial charge < -0.3 is 5.73 Å². The van der Waals surface area contributed by atoms with Crippen LogP contribution in [0.15, 0.2) is 45.8 Å². The molecule has 0 heterocycles. The monoisotopic (exact) mass is 325 g/mol. The summed E-state index contributed by atoms with van der Waals surface area (Å²) < 4.78 is 13.9. The zero-order valence-corrected chi connectivity index (χ0v) is 12.3. The van der Waals surface area contributed by atoms with Gasteiger partial charge in [0.1, 0.15) is 5.82 Å². The predicted octanol–water partition coefficient (Wildman–Crippen LogP) is 4.77. The predicted molar refractivity (Wildman–Crippen MR) is 79.3 cm³/mol. The molecule has 18 heavy (non-hydrogen) atoms. The lowest BCUT2D eigenvalue weighted by atomic mass is 10.2. The molecule has 0 fully saturated rings. The Labute approximate surface area is 119 Å². The Morgan fingerprint density at radius 3 is 2.78 bits per heavy atom. The highest BCUT2D eigenvalue weighted by Gasteiger charge is 2.07. The first-order valence-electron chi connectivity index (χ1n) is 5.50. The van der Waals surface area contributed by atoms with Gasteiger partial charge in [0.15, 0.2) is 0 Å². The molecule has 0 radical (unpaired) electrons. The van der Waals surface area contributed by atoms with Crippen molar-refractivity contribution in [1.82, 2.24) is 0 Å². The Morgan fingerprint density at radius 1 is 1.28 bits per heavy atom. The standard InChI is InChI=1S/C14H13BrFNS/c1-9-5-6-13(12(17)7-9)18-8-10-3-2-4-11(16)14(10)15/h2-7H,8,17H2,1H3. The molecule has 0 aromatic heterocycles. The first-order valence-corrected chi connectivity index (χ1v) is 7.27. The molecule has 2 aromatic carbocycles. The molecule has 0 saturated heterocycles. The first-order chi connectivity index (χ1) is 8.58. The summed E-state index contributed by atoms with van der Waals surface area (Å²) in [6.07, 6.45) is 0. The summed E-state index contributed by atoms with van der Waals surface area (Å²) in [6, 6.07) is 11.0. The average Bonchev–Trinajstić information content (AvgIpc) is 2.33. The molecule has 4 heteroatoms. The van der Waals surface area contributed by atoms with Crippen molar-refractivity contribution in [1.29, 1.82) is 0 Å². The van der Waals surface area contributed by atoms with Gasteiger partial charge in [0.05, 0.1) is 4.47 Å². The number of rotatable bonds is 3. The van der Waals surface area contributed by atoms with Crippen molar-refractivity contribution in [2.45, 2.75) is 17.6 Å². The number of anilines is 1. The summed E-state index contributed by atoms with van der Waals surface area (Å²) in [7, 11) is 0.